The Morgan fingerprint density at radius 2 is 2.33 bits per heavy atom. The lowest BCUT2D eigenvalue weighted by molar-refractivity contribution is 0.0691. The van der Waals surface area contributed by atoms with Crippen LogP contribution in [0.5, 0.6) is 0 Å². The number of aromatic nitrogens is 3. The van der Waals surface area contributed by atoms with Crippen LogP contribution in [0.4, 0.5) is 4.39 Å². The van der Waals surface area contributed by atoms with Crippen LogP contribution in [-0.2, 0) is 6.54 Å². The summed E-state index contributed by atoms with van der Waals surface area (Å²) in [6.45, 7) is -0.161. The van der Waals surface area contributed by atoms with Crippen molar-refractivity contribution < 1.29 is 14.3 Å². The van der Waals surface area contributed by atoms with Gasteiger partial charge in [-0.25, -0.2) is 13.9 Å². The average molecular weight is 246 g/mol. The highest BCUT2D eigenvalue weighted by atomic mass is 19.1. The predicted molar refractivity (Wildman–Crippen MR) is 58.0 cm³/mol. The van der Waals surface area contributed by atoms with Gasteiger partial charge in [0.1, 0.15) is 18.1 Å². The lowest BCUT2D eigenvalue weighted by Crippen LogP contribution is -2.04. The molecule has 0 aliphatic carbocycles. The fourth-order valence-corrected chi connectivity index (χ4v) is 1.56. The van der Waals surface area contributed by atoms with Gasteiger partial charge < -0.3 is 5.11 Å². The Morgan fingerprint density at radius 3 is 2.94 bits per heavy atom. The molecule has 2 aromatic rings. The zero-order valence-electron chi connectivity index (χ0n) is 9.04. The van der Waals surface area contributed by atoms with E-state index in [1.165, 1.54) is 24.3 Å². The number of rotatable bonds is 3. The molecule has 18 heavy (non-hydrogen) atoms. The fourth-order valence-electron chi connectivity index (χ4n) is 1.56. The van der Waals surface area contributed by atoms with Crippen LogP contribution in [0.3, 0.4) is 0 Å². The number of nitriles is 1. The monoisotopic (exact) mass is 246 g/mol. The molecule has 0 aliphatic rings. The van der Waals surface area contributed by atoms with Crippen LogP contribution >= 0.6 is 0 Å². The molecule has 0 unspecified atom stereocenters. The number of carboxylic acids is 1. The maximum Gasteiger partial charge on any atom is 0.358 e. The van der Waals surface area contributed by atoms with Crippen LogP contribution in [0.15, 0.2) is 24.3 Å². The van der Waals surface area contributed by atoms with Crippen LogP contribution in [0.1, 0.15) is 10.5 Å². The van der Waals surface area contributed by atoms with Crippen molar-refractivity contribution >= 4 is 5.97 Å². The average Bonchev–Trinajstić information content (AvgIpc) is 2.73. The van der Waals surface area contributed by atoms with Crippen molar-refractivity contribution in [2.75, 3.05) is 0 Å². The summed E-state index contributed by atoms with van der Waals surface area (Å²) in [4.78, 5) is 11.0. The van der Waals surface area contributed by atoms with Gasteiger partial charge in [0.2, 0.25) is 0 Å². The minimum absolute atomic E-state index is 0.114. The molecule has 0 aliphatic heterocycles. The Bertz CT molecular complexity index is 645. The zero-order valence-corrected chi connectivity index (χ0v) is 9.04. The van der Waals surface area contributed by atoms with Crippen molar-refractivity contribution in [3.05, 3.63) is 35.8 Å². The molecule has 0 spiro atoms. The van der Waals surface area contributed by atoms with Crippen LogP contribution < -0.4 is 0 Å². The van der Waals surface area contributed by atoms with Crippen molar-refractivity contribution in [2.45, 2.75) is 6.54 Å². The van der Waals surface area contributed by atoms with Gasteiger partial charge in [0, 0.05) is 5.56 Å². The molecule has 0 amide bonds. The molecule has 2 rings (SSSR count). The first-order valence-corrected chi connectivity index (χ1v) is 4.93. The van der Waals surface area contributed by atoms with Crippen LogP contribution in [0.25, 0.3) is 11.3 Å². The van der Waals surface area contributed by atoms with E-state index in [1.807, 2.05) is 6.07 Å². The van der Waals surface area contributed by atoms with E-state index in [0.29, 0.717) is 5.56 Å². The maximum atomic E-state index is 13.1. The highest BCUT2D eigenvalue weighted by Crippen LogP contribution is 2.22. The number of carbonyl (C=O) groups is 1. The lowest BCUT2D eigenvalue weighted by Gasteiger charge is -2.03. The van der Waals surface area contributed by atoms with Gasteiger partial charge in [-0.05, 0) is 12.1 Å². The SMILES string of the molecule is N#CCn1nnc(C(=O)O)c1-c1cccc(F)c1. The fraction of sp³-hybridized carbons (Fsp3) is 0.0909. The molecule has 1 heterocycles. The van der Waals surface area contributed by atoms with Crippen molar-refractivity contribution in [1.29, 1.82) is 5.26 Å². The summed E-state index contributed by atoms with van der Waals surface area (Å²) in [5.41, 5.74) is 0.118. The van der Waals surface area contributed by atoms with E-state index < -0.39 is 11.8 Å². The molecule has 0 atom stereocenters. The number of aromatic carboxylic acids is 1. The molecule has 0 saturated heterocycles. The minimum atomic E-state index is -1.28. The Balaban J connectivity index is 2.63. The number of hydrogen-bond acceptors (Lipinski definition) is 4. The van der Waals surface area contributed by atoms with E-state index in [9.17, 15) is 9.18 Å². The van der Waals surface area contributed by atoms with Gasteiger partial charge in [-0.3, -0.25) is 0 Å². The van der Waals surface area contributed by atoms with E-state index in [2.05, 4.69) is 10.3 Å². The van der Waals surface area contributed by atoms with Crippen molar-refractivity contribution in [2.24, 2.45) is 0 Å². The van der Waals surface area contributed by atoms with Crippen LogP contribution in [0.2, 0.25) is 0 Å². The Labute approximate surface area is 101 Å². The summed E-state index contributed by atoms with van der Waals surface area (Å²) in [6, 6.07) is 7.21. The van der Waals surface area contributed by atoms with Crippen LogP contribution in [0, 0.1) is 17.1 Å². The molecule has 6 nitrogen and oxygen atoms in total. The number of nitrogens with zero attached hydrogens (tertiary/aromatic N) is 4. The van der Waals surface area contributed by atoms with Gasteiger partial charge in [0.05, 0.1) is 6.07 Å². The maximum absolute atomic E-state index is 13.1. The third-order valence-electron chi connectivity index (χ3n) is 2.26. The summed E-state index contributed by atoms with van der Waals surface area (Å²) in [7, 11) is 0. The van der Waals surface area contributed by atoms with Gasteiger partial charge in [0.15, 0.2) is 5.69 Å². The van der Waals surface area contributed by atoms with E-state index in [0.717, 1.165) is 4.68 Å². The highest BCUT2D eigenvalue weighted by molar-refractivity contribution is 5.92. The Hall–Kier alpha value is -2.75. The normalized spacial score (nSPS) is 10.0. The minimum Gasteiger partial charge on any atom is -0.476 e. The molecule has 7 heteroatoms. The van der Waals surface area contributed by atoms with E-state index in [4.69, 9.17) is 10.4 Å². The molecular formula is C11H7FN4O2. The molecule has 0 radical (unpaired) electrons. The molecule has 1 aromatic carbocycles. The predicted octanol–water partition coefficient (Wildman–Crippen LogP) is 1.31. The summed E-state index contributed by atoms with van der Waals surface area (Å²) in [5, 5.41) is 24.7. The molecule has 0 saturated carbocycles. The summed E-state index contributed by atoms with van der Waals surface area (Å²) in [5.74, 6) is -1.79. The van der Waals surface area contributed by atoms with Crippen molar-refractivity contribution in [1.82, 2.24) is 15.0 Å². The first kappa shape index (κ1) is 11.7. The molecule has 0 fully saturated rings. The number of carboxylic acid groups (broad SMARTS) is 1. The molecular weight excluding hydrogens is 239 g/mol. The zero-order chi connectivity index (χ0) is 13.1. The van der Waals surface area contributed by atoms with Gasteiger partial charge >= 0.3 is 5.97 Å². The third kappa shape index (κ3) is 2.04. The second kappa shape index (κ2) is 4.63. The molecule has 90 valence electrons. The van der Waals surface area contributed by atoms with Gasteiger partial charge in [0.25, 0.3) is 0 Å². The van der Waals surface area contributed by atoms with Gasteiger partial charge in [-0.1, -0.05) is 17.3 Å². The second-order valence-electron chi connectivity index (χ2n) is 3.42. The Kier molecular flexibility index (Phi) is 3.02. The van der Waals surface area contributed by atoms with E-state index >= 15 is 0 Å². The largest absolute Gasteiger partial charge is 0.476 e. The summed E-state index contributed by atoms with van der Waals surface area (Å²) >= 11 is 0. The van der Waals surface area contributed by atoms with Gasteiger partial charge in [-0.15, -0.1) is 5.10 Å². The van der Waals surface area contributed by atoms with Crippen LogP contribution in [-0.4, -0.2) is 26.1 Å². The second-order valence-corrected chi connectivity index (χ2v) is 3.42. The van der Waals surface area contributed by atoms with Crippen molar-refractivity contribution in [3.63, 3.8) is 0 Å². The molecule has 0 bridgehead atoms. The molecule has 1 aromatic heterocycles. The quantitative estimate of drug-likeness (QED) is 0.881. The lowest BCUT2D eigenvalue weighted by atomic mass is 10.1. The number of halogens is 1. The number of hydrogen-bond donors (Lipinski definition) is 1. The number of benzene rings is 1. The Morgan fingerprint density at radius 1 is 1.56 bits per heavy atom. The van der Waals surface area contributed by atoms with Gasteiger partial charge in [-0.2, -0.15) is 5.26 Å². The van der Waals surface area contributed by atoms with Crippen molar-refractivity contribution in [3.8, 4) is 17.3 Å². The first-order valence-electron chi connectivity index (χ1n) is 4.93. The van der Waals surface area contributed by atoms with E-state index in [1.54, 1.807) is 0 Å². The smallest absolute Gasteiger partial charge is 0.358 e. The summed E-state index contributed by atoms with van der Waals surface area (Å²) in [6.07, 6.45) is 0. The third-order valence-corrected chi connectivity index (χ3v) is 2.26. The molecule has 1 N–H and O–H groups in total. The first-order chi connectivity index (χ1) is 8.63. The topological polar surface area (TPSA) is 91.8 Å². The van der Waals surface area contributed by atoms with E-state index in [-0.39, 0.29) is 17.9 Å². The standard InChI is InChI=1S/C11H7FN4O2/c12-8-3-1-2-7(6-8)10-9(11(17)18)14-15-16(10)5-4-13/h1-3,6H,5H2,(H,17,18). The summed E-state index contributed by atoms with van der Waals surface area (Å²) < 4.78 is 14.3. The highest BCUT2D eigenvalue weighted by Gasteiger charge is 2.20.